The molecular weight excluding hydrogens is 455 g/mol. The van der Waals surface area contributed by atoms with Crippen LogP contribution in [0.1, 0.15) is 51.8 Å². The van der Waals surface area contributed by atoms with Gasteiger partial charge in [-0.05, 0) is 11.5 Å². The Bertz CT molecular complexity index is 1010. The minimum absolute atomic E-state index is 0. The van der Waals surface area contributed by atoms with E-state index in [1.807, 2.05) is 0 Å². The molecule has 10 nitrogen and oxygen atoms in total. The van der Waals surface area contributed by atoms with Gasteiger partial charge in [0.25, 0.3) is 0 Å². The number of rotatable bonds is 5. The second kappa shape index (κ2) is 15.8. The maximum atomic E-state index is 11.4. The topological polar surface area (TPSA) is 201 Å². The molecule has 2 aromatic carbocycles. The van der Waals surface area contributed by atoms with Gasteiger partial charge in [0.05, 0.1) is 29.8 Å². The molecule has 0 unspecified atom stereocenters. The molecule has 128 valence electrons. The van der Waals surface area contributed by atoms with E-state index in [-0.39, 0.29) is 148 Å². The van der Waals surface area contributed by atoms with Crippen molar-refractivity contribution in [3.63, 3.8) is 0 Å². The van der Waals surface area contributed by atoms with Gasteiger partial charge >= 0.3 is 148 Å². The molecule has 0 bridgehead atoms. The molecule has 0 heterocycles. The van der Waals surface area contributed by atoms with Crippen LogP contribution in [0.25, 0.3) is 10.8 Å². The Labute approximate surface area is 279 Å². The molecule has 0 aliphatic heterocycles. The third kappa shape index (κ3) is 7.82. The number of carboxylic acid groups (broad SMARTS) is 5. The molecule has 0 aromatic heterocycles. The van der Waals surface area contributed by atoms with Crippen molar-refractivity contribution >= 4 is 40.6 Å². The zero-order valence-electron chi connectivity index (χ0n) is 16.8. The average molecular weight is 458 g/mol. The van der Waals surface area contributed by atoms with E-state index >= 15 is 0 Å². The summed E-state index contributed by atoms with van der Waals surface area (Å²) in [7, 11) is 0. The molecule has 0 saturated carbocycles. The fourth-order valence-corrected chi connectivity index (χ4v) is 2.44. The number of aromatic carboxylic acids is 5. The SMILES string of the molecule is O=C([O-])c1cc2c(C(=O)[O-])ccc(C(=O)[O-])c2c(C(=O)[O-])c1C(=O)[O-].[Na+].[Na+].[Na+].[Na+].[Na+]. The molecule has 0 spiro atoms. The predicted octanol–water partition coefficient (Wildman–Crippen LogP) is -20.3. The molecule has 0 fully saturated rings. The second-order valence-electron chi connectivity index (χ2n) is 4.69. The Morgan fingerprint density at radius 3 is 1.20 bits per heavy atom. The monoisotopic (exact) mass is 458 g/mol. The van der Waals surface area contributed by atoms with Crippen molar-refractivity contribution in [1.82, 2.24) is 0 Å². The Morgan fingerprint density at radius 1 is 0.500 bits per heavy atom. The normalized spacial score (nSPS) is 8.67. The standard InChI is InChI=1S/C15H8O10.5Na/c16-11(17)4-1-2-5(12(18)19)8-6(4)3-7(13(20)21)9(14(22)23)10(8)15(24)25;;;;;/h1-3H,(H,16,17)(H,18,19)(H,20,21)(H,22,23)(H,24,25);;;;;/q;5*+1/p-5. The van der Waals surface area contributed by atoms with Gasteiger partial charge in [-0.15, -0.1) is 0 Å². The van der Waals surface area contributed by atoms with Gasteiger partial charge in [-0.3, -0.25) is 0 Å². The van der Waals surface area contributed by atoms with Gasteiger partial charge in [0.15, 0.2) is 0 Å². The van der Waals surface area contributed by atoms with E-state index in [2.05, 4.69) is 0 Å². The third-order valence-corrected chi connectivity index (χ3v) is 3.37. The van der Waals surface area contributed by atoms with Gasteiger partial charge in [0.2, 0.25) is 0 Å². The third-order valence-electron chi connectivity index (χ3n) is 3.37. The van der Waals surface area contributed by atoms with E-state index in [4.69, 9.17) is 0 Å². The van der Waals surface area contributed by atoms with Crippen LogP contribution in [-0.2, 0) is 0 Å². The van der Waals surface area contributed by atoms with Crippen LogP contribution in [-0.4, -0.2) is 29.8 Å². The van der Waals surface area contributed by atoms with Crippen molar-refractivity contribution in [3.8, 4) is 0 Å². The summed E-state index contributed by atoms with van der Waals surface area (Å²) < 4.78 is 0. The molecule has 0 saturated heterocycles. The van der Waals surface area contributed by atoms with Crippen molar-refractivity contribution in [3.05, 3.63) is 46.0 Å². The summed E-state index contributed by atoms with van der Waals surface area (Å²) in [5, 5.41) is 54.4. The van der Waals surface area contributed by atoms with Gasteiger partial charge in [0, 0.05) is 33.2 Å². The van der Waals surface area contributed by atoms with E-state index < -0.39 is 68.4 Å². The average Bonchev–Trinajstić information content (AvgIpc) is 2.50. The minimum Gasteiger partial charge on any atom is -0.545 e. The van der Waals surface area contributed by atoms with Crippen LogP contribution in [0.15, 0.2) is 18.2 Å². The fraction of sp³-hybridized carbons (Fsp3) is 0. The maximum Gasteiger partial charge on any atom is 1.00 e. The largest absolute Gasteiger partial charge is 1.00 e. The smallest absolute Gasteiger partial charge is 0.545 e. The van der Waals surface area contributed by atoms with Crippen LogP contribution >= 0.6 is 0 Å². The summed E-state index contributed by atoms with van der Waals surface area (Å²) in [5.74, 6) is -10.6. The van der Waals surface area contributed by atoms with Gasteiger partial charge in [-0.1, -0.05) is 12.1 Å². The predicted molar refractivity (Wildman–Crippen MR) is 65.6 cm³/mol. The number of carbonyl (C=O) groups excluding carboxylic acids is 5. The quantitative estimate of drug-likeness (QED) is 0.387. The van der Waals surface area contributed by atoms with E-state index in [0.717, 1.165) is 0 Å². The number of fused-ring (bicyclic) bond motifs is 1. The number of hydrogen-bond donors (Lipinski definition) is 0. The summed E-state index contributed by atoms with van der Waals surface area (Å²) in [5.41, 5.74) is -5.73. The molecule has 30 heavy (non-hydrogen) atoms. The first-order valence-corrected chi connectivity index (χ1v) is 6.28. The summed E-state index contributed by atoms with van der Waals surface area (Å²) in [6.45, 7) is 0. The van der Waals surface area contributed by atoms with Crippen molar-refractivity contribution in [2.45, 2.75) is 0 Å². The van der Waals surface area contributed by atoms with Crippen molar-refractivity contribution in [1.29, 1.82) is 0 Å². The van der Waals surface area contributed by atoms with E-state index in [0.29, 0.717) is 18.2 Å². The molecular formula is C15H3Na5O10. The van der Waals surface area contributed by atoms with Gasteiger partial charge in [-0.2, -0.15) is 0 Å². The fourth-order valence-electron chi connectivity index (χ4n) is 2.44. The molecule has 0 radical (unpaired) electrons. The van der Waals surface area contributed by atoms with Crippen molar-refractivity contribution < 1.29 is 197 Å². The summed E-state index contributed by atoms with van der Waals surface area (Å²) in [4.78, 5) is 56.1. The van der Waals surface area contributed by atoms with Crippen LogP contribution in [0, 0.1) is 0 Å². The van der Waals surface area contributed by atoms with Gasteiger partial charge < -0.3 is 49.5 Å². The maximum absolute atomic E-state index is 11.4. The van der Waals surface area contributed by atoms with E-state index in [1.54, 1.807) is 0 Å². The van der Waals surface area contributed by atoms with Crippen LogP contribution in [0.2, 0.25) is 0 Å². The van der Waals surface area contributed by atoms with Gasteiger partial charge in [-0.25, -0.2) is 0 Å². The summed E-state index contributed by atoms with van der Waals surface area (Å²) in [6.07, 6.45) is 0. The first-order valence-electron chi connectivity index (χ1n) is 6.28. The summed E-state index contributed by atoms with van der Waals surface area (Å²) in [6, 6.07) is 1.80. The number of carbonyl (C=O) groups is 5. The van der Waals surface area contributed by atoms with E-state index in [9.17, 15) is 49.5 Å². The minimum atomic E-state index is -2.27. The Balaban J connectivity index is -0.000000676. The first kappa shape index (κ1) is 38.3. The van der Waals surface area contributed by atoms with Crippen LogP contribution in [0.4, 0.5) is 0 Å². The van der Waals surface area contributed by atoms with Crippen LogP contribution < -0.4 is 173 Å². The summed E-state index contributed by atoms with van der Waals surface area (Å²) >= 11 is 0. The molecule has 0 N–H and O–H groups in total. The van der Waals surface area contributed by atoms with Crippen molar-refractivity contribution in [2.24, 2.45) is 0 Å². The first-order chi connectivity index (χ1) is 11.6. The Morgan fingerprint density at radius 2 is 0.867 bits per heavy atom. The van der Waals surface area contributed by atoms with E-state index in [1.165, 1.54) is 0 Å². The zero-order chi connectivity index (χ0) is 19.0. The van der Waals surface area contributed by atoms with Crippen LogP contribution in [0.3, 0.4) is 0 Å². The van der Waals surface area contributed by atoms with Crippen molar-refractivity contribution in [2.75, 3.05) is 0 Å². The number of benzene rings is 2. The number of carboxylic acids is 5. The molecule has 0 aliphatic rings. The zero-order valence-corrected chi connectivity index (χ0v) is 26.8. The molecule has 2 aromatic rings. The molecule has 15 heteroatoms. The Kier molecular flexibility index (Phi) is 20.2. The molecule has 0 aliphatic carbocycles. The van der Waals surface area contributed by atoms with Gasteiger partial charge in [0.1, 0.15) is 0 Å². The Hall–Kier alpha value is 1.05. The molecule has 2 rings (SSSR count). The second-order valence-corrected chi connectivity index (χ2v) is 4.69. The molecule has 0 atom stereocenters. The van der Waals surface area contributed by atoms with Crippen LogP contribution in [0.5, 0.6) is 0 Å². The molecule has 0 amide bonds. The number of hydrogen-bond acceptors (Lipinski definition) is 10.